The van der Waals surface area contributed by atoms with Crippen LogP contribution in [0.2, 0.25) is 0 Å². The molecule has 0 fully saturated rings. The zero-order valence-corrected chi connectivity index (χ0v) is 17.9. The second-order valence-electron chi connectivity index (χ2n) is 6.41. The summed E-state index contributed by atoms with van der Waals surface area (Å²) >= 11 is 3.32. The number of amides is 1. The topological polar surface area (TPSA) is 99.2 Å². The van der Waals surface area contributed by atoms with Crippen LogP contribution >= 0.6 is 15.9 Å². The van der Waals surface area contributed by atoms with E-state index in [0.717, 1.165) is 37.0 Å². The molecule has 3 N–H and O–H groups in total. The maximum absolute atomic E-state index is 12.0. The molecule has 7 nitrogen and oxygen atoms in total. The number of nitrogens with zero attached hydrogens (tertiary/aromatic N) is 2. The van der Waals surface area contributed by atoms with Gasteiger partial charge in [0.2, 0.25) is 5.91 Å². The van der Waals surface area contributed by atoms with Gasteiger partial charge in [0.25, 0.3) is 5.56 Å². The van der Waals surface area contributed by atoms with Crippen LogP contribution in [0.4, 0.5) is 5.69 Å². The Labute approximate surface area is 173 Å². The van der Waals surface area contributed by atoms with E-state index in [2.05, 4.69) is 33.3 Å². The normalized spacial score (nSPS) is 10.7. The largest absolute Gasteiger partial charge is 0.493 e. The van der Waals surface area contributed by atoms with Crippen LogP contribution in [0.1, 0.15) is 49.0 Å². The molecule has 0 saturated heterocycles. The summed E-state index contributed by atoms with van der Waals surface area (Å²) in [6, 6.07) is 5.32. The quantitative estimate of drug-likeness (QED) is 0.511. The molecule has 0 aliphatic rings. The van der Waals surface area contributed by atoms with Gasteiger partial charge in [0.05, 0.1) is 18.5 Å². The van der Waals surface area contributed by atoms with Gasteiger partial charge in [-0.2, -0.15) is 5.10 Å². The minimum absolute atomic E-state index is 0.154. The first-order chi connectivity index (χ1) is 13.5. The minimum Gasteiger partial charge on any atom is -0.493 e. The molecule has 8 heteroatoms. The molecule has 0 saturated carbocycles. The zero-order chi connectivity index (χ0) is 20.5. The van der Waals surface area contributed by atoms with E-state index < -0.39 is 5.91 Å². The molecule has 1 aromatic carbocycles. The molecule has 0 aliphatic carbocycles. The second-order valence-corrected chi connectivity index (χ2v) is 7.21. The first-order valence-electron chi connectivity index (χ1n) is 9.52. The number of nitrogens with one attached hydrogen (secondary N) is 1. The number of benzene rings is 1. The Morgan fingerprint density at radius 1 is 1.32 bits per heavy atom. The number of carbonyl (C=O) groups is 1. The maximum Gasteiger partial charge on any atom is 0.283 e. The first kappa shape index (κ1) is 21.9. The van der Waals surface area contributed by atoms with Crippen LogP contribution in [0.15, 0.2) is 33.7 Å². The van der Waals surface area contributed by atoms with Crippen molar-refractivity contribution in [3.05, 3.63) is 50.3 Å². The maximum atomic E-state index is 12.0. The summed E-state index contributed by atoms with van der Waals surface area (Å²) < 4.78 is 7.79. The number of rotatable bonds is 11. The number of halogens is 1. The number of ether oxygens (including phenoxy) is 1. The van der Waals surface area contributed by atoms with Crippen LogP contribution in [-0.4, -0.2) is 28.8 Å². The minimum atomic E-state index is -0.433. The highest BCUT2D eigenvalue weighted by Crippen LogP contribution is 2.23. The number of hydrogen-bond acceptors (Lipinski definition) is 5. The summed E-state index contributed by atoms with van der Waals surface area (Å²) in [7, 11) is 0. The van der Waals surface area contributed by atoms with E-state index in [1.54, 1.807) is 12.3 Å². The van der Waals surface area contributed by atoms with Crippen LogP contribution in [0.5, 0.6) is 5.75 Å². The highest BCUT2D eigenvalue weighted by molar-refractivity contribution is 9.10. The summed E-state index contributed by atoms with van der Waals surface area (Å²) in [5, 5.41) is 7.31. The van der Waals surface area contributed by atoms with Crippen LogP contribution in [-0.2, 0) is 13.0 Å². The van der Waals surface area contributed by atoms with E-state index in [1.807, 2.05) is 19.1 Å². The number of aromatic nitrogens is 2. The lowest BCUT2D eigenvalue weighted by Crippen LogP contribution is -2.24. The third kappa shape index (κ3) is 5.82. The van der Waals surface area contributed by atoms with Gasteiger partial charge in [0, 0.05) is 18.7 Å². The molecule has 1 amide bonds. The number of unbranched alkanes of at least 4 members (excludes halogenated alkanes) is 1. The van der Waals surface area contributed by atoms with E-state index in [4.69, 9.17) is 10.5 Å². The van der Waals surface area contributed by atoms with Gasteiger partial charge in [0.15, 0.2) is 0 Å². The fraction of sp³-hybridized carbons (Fsp3) is 0.450. The number of anilines is 1. The molecule has 1 heterocycles. The van der Waals surface area contributed by atoms with Gasteiger partial charge in [-0.05, 0) is 65.9 Å². The molecule has 0 aliphatic heterocycles. The number of hydrogen-bond donors (Lipinski definition) is 2. The van der Waals surface area contributed by atoms with E-state index in [0.29, 0.717) is 35.4 Å². The molecular formula is C20H27BrN4O3. The predicted octanol–water partition coefficient (Wildman–Crippen LogP) is 3.35. The Hall–Kier alpha value is -2.35. The van der Waals surface area contributed by atoms with Crippen molar-refractivity contribution in [2.24, 2.45) is 5.73 Å². The average Bonchev–Trinajstić information content (AvgIpc) is 2.69. The fourth-order valence-electron chi connectivity index (χ4n) is 2.73. The standard InChI is InChI=1S/C20H27BrN4O3/c1-3-5-7-14-12-15(19(22)26)8-9-17(14)28-11-6-10-23-16-13-24-25(4-2)20(27)18(16)21/h8-9,12-13,23H,3-7,10-11H2,1-2H3,(H2,22,26). The van der Waals surface area contributed by atoms with Crippen molar-refractivity contribution < 1.29 is 9.53 Å². The van der Waals surface area contributed by atoms with Gasteiger partial charge >= 0.3 is 0 Å². The predicted molar refractivity (Wildman–Crippen MR) is 114 cm³/mol. The molecule has 0 unspecified atom stereocenters. The van der Waals surface area contributed by atoms with Gasteiger partial charge in [-0.3, -0.25) is 9.59 Å². The number of carbonyl (C=O) groups excluding carboxylic acids is 1. The lowest BCUT2D eigenvalue weighted by Gasteiger charge is -2.13. The highest BCUT2D eigenvalue weighted by atomic mass is 79.9. The Morgan fingerprint density at radius 2 is 2.11 bits per heavy atom. The van der Waals surface area contributed by atoms with Gasteiger partial charge < -0.3 is 15.8 Å². The number of aryl methyl sites for hydroxylation is 2. The average molecular weight is 451 g/mol. The van der Waals surface area contributed by atoms with Crippen LogP contribution < -0.4 is 21.3 Å². The van der Waals surface area contributed by atoms with Crippen molar-refractivity contribution in [2.45, 2.75) is 46.1 Å². The first-order valence-corrected chi connectivity index (χ1v) is 10.3. The van der Waals surface area contributed by atoms with E-state index in [9.17, 15) is 9.59 Å². The highest BCUT2D eigenvalue weighted by Gasteiger charge is 2.09. The number of primary amides is 1. The SMILES string of the molecule is CCCCc1cc(C(N)=O)ccc1OCCCNc1cnn(CC)c(=O)c1Br. The molecule has 0 spiro atoms. The molecule has 0 radical (unpaired) electrons. The summed E-state index contributed by atoms with van der Waals surface area (Å²) in [5.41, 5.74) is 7.39. The van der Waals surface area contributed by atoms with Crippen molar-refractivity contribution in [2.75, 3.05) is 18.5 Å². The van der Waals surface area contributed by atoms with Gasteiger partial charge in [0.1, 0.15) is 10.2 Å². The fourth-order valence-corrected chi connectivity index (χ4v) is 3.17. The molecule has 152 valence electrons. The summed E-state index contributed by atoms with van der Waals surface area (Å²) in [5.74, 6) is 0.351. The third-order valence-corrected chi connectivity index (χ3v) is 5.09. The summed E-state index contributed by atoms with van der Waals surface area (Å²) in [6.45, 7) is 5.67. The van der Waals surface area contributed by atoms with E-state index in [-0.39, 0.29) is 5.56 Å². The third-order valence-electron chi connectivity index (χ3n) is 4.32. The Bertz CT molecular complexity index is 867. The second kappa shape index (κ2) is 10.8. The van der Waals surface area contributed by atoms with Crippen LogP contribution in [0, 0.1) is 0 Å². The molecule has 0 bridgehead atoms. The molecule has 2 aromatic rings. The van der Waals surface area contributed by atoms with Crippen LogP contribution in [0.3, 0.4) is 0 Å². The van der Waals surface area contributed by atoms with Gasteiger partial charge in [-0.15, -0.1) is 0 Å². The Balaban J connectivity index is 1.90. The van der Waals surface area contributed by atoms with Crippen molar-refractivity contribution >= 4 is 27.5 Å². The van der Waals surface area contributed by atoms with Crippen molar-refractivity contribution in [1.29, 1.82) is 0 Å². The molecule has 2 rings (SSSR count). The van der Waals surface area contributed by atoms with Crippen molar-refractivity contribution in [3.63, 3.8) is 0 Å². The van der Waals surface area contributed by atoms with Crippen molar-refractivity contribution in [3.8, 4) is 5.75 Å². The molecular weight excluding hydrogens is 424 g/mol. The number of nitrogens with two attached hydrogens (primary N) is 1. The van der Waals surface area contributed by atoms with E-state index >= 15 is 0 Å². The lowest BCUT2D eigenvalue weighted by atomic mass is 10.0. The molecule has 1 aromatic heterocycles. The van der Waals surface area contributed by atoms with Crippen LogP contribution in [0.25, 0.3) is 0 Å². The zero-order valence-electron chi connectivity index (χ0n) is 16.3. The summed E-state index contributed by atoms with van der Waals surface area (Å²) in [4.78, 5) is 23.5. The monoisotopic (exact) mass is 450 g/mol. The Kier molecular flexibility index (Phi) is 8.50. The van der Waals surface area contributed by atoms with E-state index in [1.165, 1.54) is 4.68 Å². The summed E-state index contributed by atoms with van der Waals surface area (Å²) in [6.07, 6.45) is 5.31. The molecule has 28 heavy (non-hydrogen) atoms. The van der Waals surface area contributed by atoms with Gasteiger partial charge in [-0.1, -0.05) is 13.3 Å². The Morgan fingerprint density at radius 3 is 2.79 bits per heavy atom. The smallest absolute Gasteiger partial charge is 0.283 e. The molecule has 0 atom stereocenters. The van der Waals surface area contributed by atoms with Crippen molar-refractivity contribution in [1.82, 2.24) is 9.78 Å². The van der Waals surface area contributed by atoms with Gasteiger partial charge in [-0.25, -0.2) is 4.68 Å². The lowest BCUT2D eigenvalue weighted by molar-refractivity contribution is 0.1000.